The van der Waals surface area contributed by atoms with Crippen molar-refractivity contribution in [3.8, 4) is 0 Å². The van der Waals surface area contributed by atoms with Crippen molar-refractivity contribution >= 4 is 40.7 Å². The molecule has 0 bridgehead atoms. The van der Waals surface area contributed by atoms with Crippen LogP contribution in [0.1, 0.15) is 18.7 Å². The monoisotopic (exact) mass is 280 g/mol. The average molecular weight is 281 g/mol. The minimum atomic E-state index is -0.986. The van der Waals surface area contributed by atoms with Crippen molar-refractivity contribution in [3.63, 3.8) is 0 Å². The first kappa shape index (κ1) is 13.8. The van der Waals surface area contributed by atoms with E-state index in [4.69, 9.17) is 22.4 Å². The number of halogens is 1. The number of thiazole rings is 1. The minimum Gasteiger partial charge on any atom is -0.480 e. The molecule has 1 rings (SSSR count). The fourth-order valence-corrected chi connectivity index (χ4v) is 3.05. The van der Waals surface area contributed by atoms with Crippen molar-refractivity contribution in [1.29, 1.82) is 0 Å². The molecule has 0 aliphatic carbocycles. The van der Waals surface area contributed by atoms with E-state index in [1.54, 1.807) is 6.20 Å². The molecule has 0 aliphatic heterocycles. The Morgan fingerprint density at radius 1 is 1.81 bits per heavy atom. The molecule has 0 saturated carbocycles. The number of hydrogen-bond donors (Lipinski definition) is 2. The molecule has 0 unspecified atom stereocenters. The van der Waals surface area contributed by atoms with Crippen molar-refractivity contribution in [2.24, 2.45) is 5.73 Å². The van der Waals surface area contributed by atoms with Gasteiger partial charge in [-0.15, -0.1) is 23.1 Å². The second kappa shape index (κ2) is 5.35. The van der Waals surface area contributed by atoms with E-state index >= 15 is 0 Å². The van der Waals surface area contributed by atoms with Crippen molar-refractivity contribution in [1.82, 2.24) is 4.98 Å². The number of carboxylic acids is 1. The molecule has 1 heterocycles. The molecule has 1 atom stereocenters. The fourth-order valence-electron chi connectivity index (χ4n) is 0.995. The first-order valence-electron chi connectivity index (χ1n) is 4.55. The molecule has 0 radical (unpaired) electrons. The summed E-state index contributed by atoms with van der Waals surface area (Å²) in [6, 6.07) is -0.888. The first-order chi connectivity index (χ1) is 7.33. The molecule has 0 fully saturated rings. The molecule has 0 aromatic carbocycles. The molecule has 90 valence electrons. The van der Waals surface area contributed by atoms with Gasteiger partial charge in [0.25, 0.3) is 0 Å². The number of aromatic nitrogens is 1. The van der Waals surface area contributed by atoms with Crippen molar-refractivity contribution < 1.29 is 9.90 Å². The van der Waals surface area contributed by atoms with Crippen LogP contribution in [-0.2, 0) is 10.5 Å². The average Bonchev–Trinajstić information content (AvgIpc) is 2.60. The molecular weight excluding hydrogens is 268 g/mol. The van der Waals surface area contributed by atoms with Gasteiger partial charge in [0.2, 0.25) is 0 Å². The second-order valence-corrected chi connectivity index (χ2v) is 7.11. The Bertz CT molecular complexity index is 381. The van der Waals surface area contributed by atoms with Crippen molar-refractivity contribution in [3.05, 3.63) is 15.5 Å². The maximum Gasteiger partial charge on any atom is 0.321 e. The summed E-state index contributed by atoms with van der Waals surface area (Å²) < 4.78 is -0.0293. The molecule has 0 spiro atoms. The van der Waals surface area contributed by atoms with E-state index in [-0.39, 0.29) is 0 Å². The van der Waals surface area contributed by atoms with Crippen LogP contribution < -0.4 is 5.73 Å². The lowest BCUT2D eigenvalue weighted by atomic mass is 10.1. The van der Waals surface area contributed by atoms with Crippen LogP contribution in [-0.4, -0.2) is 26.8 Å². The minimum absolute atomic E-state index is 0.496. The molecule has 0 aliphatic rings. The third-order valence-electron chi connectivity index (χ3n) is 2.13. The quantitative estimate of drug-likeness (QED) is 0.865. The number of thioether (sulfide) groups is 1. The van der Waals surface area contributed by atoms with E-state index in [9.17, 15) is 4.79 Å². The number of hydrogen-bond acceptors (Lipinski definition) is 5. The predicted octanol–water partition coefficient (Wildman–Crippen LogP) is 2.22. The van der Waals surface area contributed by atoms with Gasteiger partial charge < -0.3 is 10.8 Å². The van der Waals surface area contributed by atoms with E-state index in [1.165, 1.54) is 23.1 Å². The smallest absolute Gasteiger partial charge is 0.321 e. The highest BCUT2D eigenvalue weighted by atomic mass is 35.5. The standard InChI is InChI=1S/C9H13ClN2O2S2/c1-9(2,6(11)7(13)14)15-4-5-3-12-8(10)16-5/h3,6H,4,11H2,1-2H3,(H,13,14)/t6-/m1/s1. The summed E-state index contributed by atoms with van der Waals surface area (Å²) in [4.78, 5) is 15.7. The van der Waals surface area contributed by atoms with Crippen molar-refractivity contribution in [2.75, 3.05) is 0 Å². The van der Waals surface area contributed by atoms with Gasteiger partial charge in [0, 0.05) is 21.6 Å². The van der Waals surface area contributed by atoms with Crippen LogP contribution in [0.3, 0.4) is 0 Å². The van der Waals surface area contributed by atoms with E-state index in [1.807, 2.05) is 13.8 Å². The first-order valence-corrected chi connectivity index (χ1v) is 6.73. The number of carboxylic acid groups (broad SMARTS) is 1. The van der Waals surface area contributed by atoms with E-state index < -0.39 is 16.8 Å². The summed E-state index contributed by atoms with van der Waals surface area (Å²) in [5.74, 6) is -0.321. The Hall–Kier alpha value is -0.300. The van der Waals surface area contributed by atoms with Gasteiger partial charge in [-0.3, -0.25) is 4.79 Å². The van der Waals surface area contributed by atoms with E-state index in [0.717, 1.165) is 4.88 Å². The van der Waals surface area contributed by atoms with Gasteiger partial charge in [0.1, 0.15) is 6.04 Å². The maximum absolute atomic E-state index is 10.8. The third-order valence-corrected chi connectivity index (χ3v) is 4.88. The summed E-state index contributed by atoms with van der Waals surface area (Å²) in [7, 11) is 0. The van der Waals surface area contributed by atoms with Crippen LogP contribution in [0, 0.1) is 0 Å². The molecule has 1 aromatic heterocycles. The molecule has 16 heavy (non-hydrogen) atoms. The van der Waals surface area contributed by atoms with Crippen LogP contribution in [0.15, 0.2) is 6.20 Å². The summed E-state index contributed by atoms with van der Waals surface area (Å²) in [6.45, 7) is 3.64. The van der Waals surface area contributed by atoms with E-state index in [0.29, 0.717) is 10.2 Å². The zero-order valence-electron chi connectivity index (χ0n) is 8.94. The molecule has 7 heteroatoms. The van der Waals surface area contributed by atoms with Crippen LogP contribution in [0.4, 0.5) is 0 Å². The number of rotatable bonds is 5. The topological polar surface area (TPSA) is 76.2 Å². The Morgan fingerprint density at radius 2 is 2.44 bits per heavy atom. The predicted molar refractivity (Wildman–Crippen MR) is 68.1 cm³/mol. The van der Waals surface area contributed by atoms with Gasteiger partial charge >= 0.3 is 5.97 Å². The SMILES string of the molecule is CC(C)(SCc1cnc(Cl)s1)[C@H](N)C(=O)O. The molecular formula is C9H13ClN2O2S2. The summed E-state index contributed by atoms with van der Waals surface area (Å²) in [5.41, 5.74) is 5.60. The van der Waals surface area contributed by atoms with Crippen LogP contribution in [0.5, 0.6) is 0 Å². The molecule has 0 amide bonds. The largest absolute Gasteiger partial charge is 0.480 e. The zero-order chi connectivity index (χ0) is 12.3. The molecule has 3 N–H and O–H groups in total. The highest BCUT2D eigenvalue weighted by Gasteiger charge is 2.32. The lowest BCUT2D eigenvalue weighted by Crippen LogP contribution is -2.46. The van der Waals surface area contributed by atoms with Crippen molar-refractivity contribution in [2.45, 2.75) is 30.4 Å². The number of carbonyl (C=O) groups is 1. The van der Waals surface area contributed by atoms with Gasteiger partial charge in [0.05, 0.1) is 0 Å². The summed E-state index contributed by atoms with van der Waals surface area (Å²) >= 11 is 8.58. The van der Waals surface area contributed by atoms with Gasteiger partial charge in [-0.05, 0) is 13.8 Å². The summed E-state index contributed by atoms with van der Waals surface area (Å²) in [6.07, 6.45) is 1.70. The molecule has 0 saturated heterocycles. The highest BCUT2D eigenvalue weighted by molar-refractivity contribution is 8.00. The van der Waals surface area contributed by atoms with Gasteiger partial charge in [-0.25, -0.2) is 4.98 Å². The van der Waals surface area contributed by atoms with Gasteiger partial charge in [0.15, 0.2) is 4.47 Å². The van der Waals surface area contributed by atoms with Crippen LogP contribution in [0.2, 0.25) is 4.47 Å². The Kier molecular flexibility index (Phi) is 4.61. The van der Waals surface area contributed by atoms with Crippen LogP contribution >= 0.6 is 34.7 Å². The second-order valence-electron chi connectivity index (χ2n) is 3.79. The third kappa shape index (κ3) is 3.62. The summed E-state index contributed by atoms with van der Waals surface area (Å²) in [5, 5.41) is 8.85. The normalized spacial score (nSPS) is 13.8. The lowest BCUT2D eigenvalue weighted by molar-refractivity contribution is -0.139. The van der Waals surface area contributed by atoms with Gasteiger partial charge in [-0.2, -0.15) is 0 Å². The maximum atomic E-state index is 10.8. The number of nitrogens with zero attached hydrogens (tertiary/aromatic N) is 1. The lowest BCUT2D eigenvalue weighted by Gasteiger charge is -2.27. The Morgan fingerprint density at radius 3 is 2.88 bits per heavy atom. The fraction of sp³-hybridized carbons (Fsp3) is 0.556. The Balaban J connectivity index is 2.57. The van der Waals surface area contributed by atoms with E-state index in [2.05, 4.69) is 4.98 Å². The van der Waals surface area contributed by atoms with Crippen LogP contribution in [0.25, 0.3) is 0 Å². The molecule has 4 nitrogen and oxygen atoms in total. The Labute approximate surface area is 107 Å². The number of aliphatic carboxylic acids is 1. The zero-order valence-corrected chi connectivity index (χ0v) is 11.3. The number of nitrogens with two attached hydrogens (primary N) is 1. The molecule has 1 aromatic rings. The highest BCUT2D eigenvalue weighted by Crippen LogP contribution is 2.32. The van der Waals surface area contributed by atoms with Gasteiger partial charge in [-0.1, -0.05) is 11.6 Å².